The Morgan fingerprint density at radius 2 is 0.982 bits per heavy atom. The summed E-state index contributed by atoms with van der Waals surface area (Å²) in [7, 11) is 0. The summed E-state index contributed by atoms with van der Waals surface area (Å²) in [6, 6.07) is 75.7. The molecule has 0 radical (unpaired) electrons. The van der Waals surface area contributed by atoms with E-state index in [9.17, 15) is 0 Å². The first-order valence-corrected chi connectivity index (χ1v) is 19.9. The van der Waals surface area contributed by atoms with Crippen LogP contribution in [0.5, 0.6) is 0 Å². The Kier molecular flexibility index (Phi) is 7.89. The second-order valence-corrected chi connectivity index (χ2v) is 15.3. The van der Waals surface area contributed by atoms with Crippen LogP contribution < -0.4 is 4.90 Å². The van der Waals surface area contributed by atoms with Crippen LogP contribution in [0.2, 0.25) is 0 Å². The smallest absolute Gasteiger partial charge is 0.0541 e. The molecule has 0 N–H and O–H groups in total. The lowest BCUT2D eigenvalue weighted by molar-refractivity contribution is 0.457. The van der Waals surface area contributed by atoms with Crippen molar-refractivity contribution in [2.24, 2.45) is 5.92 Å². The van der Waals surface area contributed by atoms with Crippen molar-refractivity contribution in [3.05, 3.63) is 253 Å². The summed E-state index contributed by atoms with van der Waals surface area (Å²) in [5.74, 6) is 0.532. The van der Waals surface area contributed by atoms with Gasteiger partial charge in [0.05, 0.1) is 16.4 Å². The molecule has 2 aliphatic carbocycles. The van der Waals surface area contributed by atoms with Gasteiger partial charge >= 0.3 is 0 Å². The number of para-hydroxylation sites is 3. The predicted octanol–water partition coefficient (Wildman–Crippen LogP) is 14.1. The van der Waals surface area contributed by atoms with E-state index < -0.39 is 0 Å². The topological polar surface area (TPSA) is 8.17 Å². The summed E-state index contributed by atoms with van der Waals surface area (Å²) in [5, 5.41) is 2.51. The Balaban J connectivity index is 1.05. The van der Waals surface area contributed by atoms with E-state index in [1.54, 1.807) is 0 Å². The molecule has 2 nitrogen and oxygen atoms in total. The monoisotopic (exact) mass is 728 g/mol. The van der Waals surface area contributed by atoms with Crippen LogP contribution in [0.3, 0.4) is 0 Å². The quantitative estimate of drug-likeness (QED) is 0.159. The number of rotatable bonds is 7. The van der Waals surface area contributed by atoms with E-state index in [2.05, 4.69) is 240 Å². The molecule has 8 aromatic carbocycles. The van der Waals surface area contributed by atoms with Crippen LogP contribution in [-0.2, 0) is 5.41 Å². The van der Waals surface area contributed by atoms with Crippen LogP contribution >= 0.6 is 0 Å². The molecule has 0 spiro atoms. The van der Waals surface area contributed by atoms with Gasteiger partial charge in [-0.25, -0.2) is 0 Å². The van der Waals surface area contributed by atoms with Crippen molar-refractivity contribution in [3.8, 4) is 16.8 Å². The molecule has 1 aromatic heterocycles. The third-order valence-electron chi connectivity index (χ3n) is 12.3. The number of anilines is 3. The van der Waals surface area contributed by atoms with Crippen molar-refractivity contribution in [1.82, 2.24) is 4.57 Å². The second-order valence-electron chi connectivity index (χ2n) is 15.3. The van der Waals surface area contributed by atoms with Crippen LogP contribution in [0.15, 0.2) is 231 Å². The molecule has 1 heterocycles. The number of hydrogen-bond donors (Lipinski definition) is 0. The Bertz CT molecular complexity index is 2900. The number of benzene rings is 8. The molecule has 57 heavy (non-hydrogen) atoms. The van der Waals surface area contributed by atoms with Crippen molar-refractivity contribution >= 4 is 38.9 Å². The molecule has 2 atom stereocenters. The molecule has 0 saturated carbocycles. The summed E-state index contributed by atoms with van der Waals surface area (Å²) < 4.78 is 2.37. The summed E-state index contributed by atoms with van der Waals surface area (Å²) in [4.78, 5) is 2.41. The summed E-state index contributed by atoms with van der Waals surface area (Å²) in [6.45, 7) is 0. The molecule has 9 aromatic rings. The molecule has 270 valence electrons. The van der Waals surface area contributed by atoms with Gasteiger partial charge in [-0.3, -0.25) is 0 Å². The molecule has 0 aliphatic heterocycles. The molecule has 11 rings (SSSR count). The fourth-order valence-electron chi connectivity index (χ4n) is 9.91. The van der Waals surface area contributed by atoms with Gasteiger partial charge < -0.3 is 9.47 Å². The number of nitrogens with zero attached hydrogens (tertiary/aromatic N) is 2. The van der Waals surface area contributed by atoms with Crippen molar-refractivity contribution in [3.63, 3.8) is 0 Å². The van der Waals surface area contributed by atoms with E-state index in [-0.39, 0.29) is 17.3 Å². The van der Waals surface area contributed by atoms with Crippen molar-refractivity contribution in [1.29, 1.82) is 0 Å². The van der Waals surface area contributed by atoms with Gasteiger partial charge in [-0.05, 0) is 100 Å². The Labute approximate surface area is 333 Å². The van der Waals surface area contributed by atoms with E-state index in [1.807, 2.05) is 0 Å². The van der Waals surface area contributed by atoms with Gasteiger partial charge in [0.2, 0.25) is 0 Å². The minimum Gasteiger partial charge on any atom is -0.310 e. The van der Waals surface area contributed by atoms with Gasteiger partial charge in [0, 0.05) is 45.4 Å². The first kappa shape index (κ1) is 33.2. The first-order chi connectivity index (χ1) is 28.3. The molecule has 2 heteroatoms. The van der Waals surface area contributed by atoms with Gasteiger partial charge in [0.1, 0.15) is 0 Å². The van der Waals surface area contributed by atoms with E-state index >= 15 is 0 Å². The number of fused-ring (bicyclic) bond motifs is 6. The minimum atomic E-state index is -0.353. The number of hydrogen-bond acceptors (Lipinski definition) is 1. The second kappa shape index (κ2) is 13.5. The maximum absolute atomic E-state index is 2.48. The Morgan fingerprint density at radius 3 is 1.70 bits per heavy atom. The maximum Gasteiger partial charge on any atom is 0.0541 e. The highest BCUT2D eigenvalue weighted by molar-refractivity contribution is 6.10. The van der Waals surface area contributed by atoms with E-state index in [0.29, 0.717) is 0 Å². The molecular formula is C55H40N2. The van der Waals surface area contributed by atoms with Crippen LogP contribution in [0.1, 0.15) is 28.2 Å². The summed E-state index contributed by atoms with van der Waals surface area (Å²) in [5.41, 5.74) is 14.4. The van der Waals surface area contributed by atoms with Gasteiger partial charge in [-0.15, -0.1) is 0 Å². The molecule has 2 unspecified atom stereocenters. The normalized spacial score (nSPS) is 16.4. The van der Waals surface area contributed by atoms with Gasteiger partial charge in [-0.2, -0.15) is 0 Å². The molecule has 0 saturated heterocycles. The predicted molar refractivity (Wildman–Crippen MR) is 238 cm³/mol. The molecule has 2 aliphatic rings. The maximum atomic E-state index is 2.48. The van der Waals surface area contributed by atoms with Crippen LogP contribution in [0, 0.1) is 5.92 Å². The number of allylic oxidation sites excluding steroid dienone is 4. The molecular weight excluding hydrogens is 689 g/mol. The average Bonchev–Trinajstić information content (AvgIpc) is 3.78. The highest BCUT2D eigenvalue weighted by Crippen LogP contribution is 2.60. The van der Waals surface area contributed by atoms with Gasteiger partial charge in [0.15, 0.2) is 0 Å². The van der Waals surface area contributed by atoms with E-state index in [4.69, 9.17) is 0 Å². The third-order valence-corrected chi connectivity index (χ3v) is 12.3. The lowest BCUT2D eigenvalue weighted by Gasteiger charge is -2.39. The minimum absolute atomic E-state index is 0.251. The van der Waals surface area contributed by atoms with Crippen molar-refractivity contribution in [2.45, 2.75) is 11.3 Å². The summed E-state index contributed by atoms with van der Waals surface area (Å²) in [6.07, 6.45) is 9.31. The molecule has 0 amide bonds. The van der Waals surface area contributed by atoms with Crippen molar-refractivity contribution < 1.29 is 0 Å². The largest absolute Gasteiger partial charge is 0.310 e. The van der Waals surface area contributed by atoms with Crippen LogP contribution in [-0.4, -0.2) is 4.57 Å². The zero-order valence-electron chi connectivity index (χ0n) is 31.5. The zero-order valence-corrected chi connectivity index (χ0v) is 31.5. The Hall–Kier alpha value is -7.16. The third kappa shape index (κ3) is 5.25. The van der Waals surface area contributed by atoms with E-state index in [0.717, 1.165) is 17.1 Å². The van der Waals surface area contributed by atoms with E-state index in [1.165, 1.54) is 60.9 Å². The highest BCUT2D eigenvalue weighted by Gasteiger charge is 2.53. The highest BCUT2D eigenvalue weighted by atomic mass is 15.1. The zero-order chi connectivity index (χ0) is 37.8. The molecule has 0 bridgehead atoms. The summed E-state index contributed by atoms with van der Waals surface area (Å²) >= 11 is 0. The van der Waals surface area contributed by atoms with Crippen LogP contribution in [0.25, 0.3) is 38.6 Å². The fourth-order valence-corrected chi connectivity index (χ4v) is 9.91. The molecule has 0 fully saturated rings. The fraction of sp³-hybridized carbons (Fsp3) is 0.0545. The lowest BCUT2D eigenvalue weighted by atomic mass is 9.63. The Morgan fingerprint density at radius 1 is 0.421 bits per heavy atom. The SMILES string of the molecule is C1=CC2c3ccc(N(c4ccccc4)c4ccc(-c5ccc6c(c5)c5ccccc5n6-c5ccccc5)cc4)cc3C(c3ccccc3)(c3ccccc3)C2C=C1. The van der Waals surface area contributed by atoms with Gasteiger partial charge in [-0.1, -0.05) is 164 Å². The standard InChI is InChI=1S/C55H40N2/c1-5-17-41(18-6-1)55(42-19-7-2-8-20-42)51-27-15-13-25-47(51)48-35-34-46(38-52(48)55)56(43-21-9-3-10-22-43)45-32-29-39(30-33-45)40-31-36-54-50(37-40)49-26-14-16-28-53(49)57(54)44-23-11-4-12-24-44/h1-38,47,51H. The first-order valence-electron chi connectivity index (χ1n) is 19.9. The van der Waals surface area contributed by atoms with Crippen LogP contribution in [0.4, 0.5) is 17.1 Å². The van der Waals surface area contributed by atoms with Gasteiger partial charge in [0.25, 0.3) is 0 Å². The van der Waals surface area contributed by atoms with Crippen molar-refractivity contribution in [2.75, 3.05) is 4.90 Å². The number of aromatic nitrogens is 1. The lowest BCUT2D eigenvalue weighted by Crippen LogP contribution is -2.35. The average molecular weight is 729 g/mol.